The summed E-state index contributed by atoms with van der Waals surface area (Å²) in [5.74, 6) is 0.698. The maximum atomic E-state index is 13.1. The summed E-state index contributed by atoms with van der Waals surface area (Å²) in [5, 5.41) is 3.00. The number of rotatable bonds is 2. The molecule has 2 heterocycles. The van der Waals surface area contributed by atoms with Crippen molar-refractivity contribution >= 4 is 11.8 Å². The van der Waals surface area contributed by atoms with Crippen LogP contribution in [0.15, 0.2) is 22.8 Å². The molecular weight excluding hydrogens is 268 g/mol. The molecule has 0 radical (unpaired) electrons. The summed E-state index contributed by atoms with van der Waals surface area (Å²) in [7, 11) is 0. The molecule has 1 spiro atoms. The number of carbonyl (C=O) groups is 2. The van der Waals surface area contributed by atoms with Gasteiger partial charge in [-0.3, -0.25) is 9.59 Å². The first-order valence-corrected chi connectivity index (χ1v) is 7.73. The van der Waals surface area contributed by atoms with Crippen molar-refractivity contribution in [2.75, 3.05) is 0 Å². The number of amides is 2. The number of furan rings is 1. The highest BCUT2D eigenvalue weighted by Crippen LogP contribution is 2.36. The van der Waals surface area contributed by atoms with Crippen molar-refractivity contribution in [2.24, 2.45) is 0 Å². The third kappa shape index (κ3) is 2.24. The van der Waals surface area contributed by atoms with E-state index in [2.05, 4.69) is 5.32 Å². The molecule has 1 aliphatic carbocycles. The molecule has 2 atom stereocenters. The first-order chi connectivity index (χ1) is 10.1. The van der Waals surface area contributed by atoms with Crippen LogP contribution in [0.25, 0.3) is 0 Å². The van der Waals surface area contributed by atoms with Crippen molar-refractivity contribution in [1.29, 1.82) is 0 Å². The lowest BCUT2D eigenvalue weighted by Gasteiger charge is -2.48. The zero-order valence-corrected chi connectivity index (χ0v) is 12.6. The van der Waals surface area contributed by atoms with Crippen LogP contribution in [0, 0.1) is 0 Å². The van der Waals surface area contributed by atoms with Gasteiger partial charge in [0.15, 0.2) is 0 Å². The highest BCUT2D eigenvalue weighted by atomic mass is 16.3. The molecule has 1 aromatic heterocycles. The summed E-state index contributed by atoms with van der Waals surface area (Å²) >= 11 is 0. The van der Waals surface area contributed by atoms with E-state index in [1.54, 1.807) is 24.2 Å². The zero-order valence-electron chi connectivity index (χ0n) is 12.6. The highest BCUT2D eigenvalue weighted by molar-refractivity contribution is 5.99. The van der Waals surface area contributed by atoms with E-state index < -0.39 is 11.6 Å². The highest BCUT2D eigenvalue weighted by Gasteiger charge is 2.51. The van der Waals surface area contributed by atoms with Crippen LogP contribution < -0.4 is 5.32 Å². The summed E-state index contributed by atoms with van der Waals surface area (Å²) in [6.07, 6.45) is 6.19. The number of hydrogen-bond acceptors (Lipinski definition) is 3. The Morgan fingerprint density at radius 1 is 1.33 bits per heavy atom. The van der Waals surface area contributed by atoms with E-state index >= 15 is 0 Å². The molecule has 21 heavy (non-hydrogen) atoms. The van der Waals surface area contributed by atoms with Crippen LogP contribution in [0.5, 0.6) is 0 Å². The van der Waals surface area contributed by atoms with Crippen LogP contribution in [0.4, 0.5) is 0 Å². The Bertz CT molecular complexity index is 532. The van der Waals surface area contributed by atoms with Gasteiger partial charge in [0.25, 0.3) is 0 Å². The van der Waals surface area contributed by atoms with Gasteiger partial charge in [0, 0.05) is 0 Å². The Balaban J connectivity index is 1.93. The average molecular weight is 290 g/mol. The first kappa shape index (κ1) is 14.2. The monoisotopic (exact) mass is 290 g/mol. The molecule has 2 amide bonds. The van der Waals surface area contributed by atoms with Crippen LogP contribution in [-0.2, 0) is 9.59 Å². The molecule has 1 saturated carbocycles. The van der Waals surface area contributed by atoms with Gasteiger partial charge in [-0.1, -0.05) is 19.3 Å². The minimum atomic E-state index is -0.692. The molecule has 2 fully saturated rings. The maximum absolute atomic E-state index is 13.1. The van der Waals surface area contributed by atoms with Crippen molar-refractivity contribution < 1.29 is 14.0 Å². The lowest BCUT2D eigenvalue weighted by atomic mass is 9.78. The van der Waals surface area contributed by atoms with Gasteiger partial charge >= 0.3 is 0 Å². The maximum Gasteiger partial charge on any atom is 0.249 e. The summed E-state index contributed by atoms with van der Waals surface area (Å²) < 4.78 is 5.43. The van der Waals surface area contributed by atoms with E-state index in [0.717, 1.165) is 37.9 Å². The van der Waals surface area contributed by atoms with Crippen molar-refractivity contribution in [2.45, 2.75) is 63.6 Å². The quantitative estimate of drug-likeness (QED) is 0.909. The Hall–Kier alpha value is -1.78. The van der Waals surface area contributed by atoms with Gasteiger partial charge in [-0.25, -0.2) is 0 Å². The van der Waals surface area contributed by atoms with E-state index in [1.807, 2.05) is 13.0 Å². The molecule has 5 heteroatoms. The van der Waals surface area contributed by atoms with Gasteiger partial charge in [0.05, 0.1) is 12.3 Å². The normalized spacial score (nSPS) is 26.8. The molecule has 1 aromatic rings. The fraction of sp³-hybridized carbons (Fsp3) is 0.625. The molecule has 5 nitrogen and oxygen atoms in total. The van der Waals surface area contributed by atoms with E-state index in [1.165, 1.54) is 0 Å². The van der Waals surface area contributed by atoms with E-state index in [-0.39, 0.29) is 17.9 Å². The zero-order chi connectivity index (χ0) is 15.0. The van der Waals surface area contributed by atoms with Gasteiger partial charge in [-0.05, 0) is 38.8 Å². The molecule has 3 rings (SSSR count). The smallest absolute Gasteiger partial charge is 0.249 e. The Morgan fingerprint density at radius 2 is 2.05 bits per heavy atom. The second-order valence-electron chi connectivity index (χ2n) is 6.21. The average Bonchev–Trinajstić information content (AvgIpc) is 3.01. The fourth-order valence-electron chi connectivity index (χ4n) is 3.61. The van der Waals surface area contributed by atoms with Gasteiger partial charge < -0.3 is 14.6 Å². The summed E-state index contributed by atoms with van der Waals surface area (Å²) in [4.78, 5) is 27.1. The molecular formula is C16H22N2O3. The topological polar surface area (TPSA) is 62.6 Å². The van der Waals surface area contributed by atoms with Gasteiger partial charge in [0.2, 0.25) is 11.8 Å². The van der Waals surface area contributed by atoms with Crippen LogP contribution >= 0.6 is 0 Å². The van der Waals surface area contributed by atoms with E-state index in [0.29, 0.717) is 0 Å². The van der Waals surface area contributed by atoms with Crippen LogP contribution in [-0.4, -0.2) is 28.3 Å². The van der Waals surface area contributed by atoms with Crippen molar-refractivity contribution in [1.82, 2.24) is 10.2 Å². The summed E-state index contributed by atoms with van der Waals surface area (Å²) in [5.41, 5.74) is -0.692. The lowest BCUT2D eigenvalue weighted by molar-refractivity contribution is -0.159. The molecule has 1 saturated heterocycles. The molecule has 1 aliphatic heterocycles. The number of piperazine rings is 1. The Morgan fingerprint density at radius 3 is 2.67 bits per heavy atom. The third-order valence-corrected chi connectivity index (χ3v) is 4.88. The molecule has 114 valence electrons. The van der Waals surface area contributed by atoms with Gasteiger partial charge in [-0.15, -0.1) is 0 Å². The van der Waals surface area contributed by atoms with Crippen molar-refractivity contribution in [3.8, 4) is 0 Å². The summed E-state index contributed by atoms with van der Waals surface area (Å²) in [6, 6.07) is 2.96. The standard InChI is InChI=1S/C16H22N2O3/c1-11(13-7-6-10-21-13)18-12(2)14(19)17-16(15(18)20)8-4-3-5-9-16/h6-7,10-12H,3-5,8-9H2,1-2H3,(H,17,19). The van der Waals surface area contributed by atoms with E-state index in [4.69, 9.17) is 4.42 Å². The van der Waals surface area contributed by atoms with Crippen LogP contribution in [0.3, 0.4) is 0 Å². The van der Waals surface area contributed by atoms with Gasteiger partial charge in [0.1, 0.15) is 17.3 Å². The van der Waals surface area contributed by atoms with Crippen molar-refractivity contribution in [3.05, 3.63) is 24.2 Å². The molecule has 0 bridgehead atoms. The first-order valence-electron chi connectivity index (χ1n) is 7.73. The largest absolute Gasteiger partial charge is 0.467 e. The second-order valence-corrected chi connectivity index (χ2v) is 6.21. The second kappa shape index (κ2) is 5.20. The van der Waals surface area contributed by atoms with Crippen LogP contribution in [0.2, 0.25) is 0 Å². The van der Waals surface area contributed by atoms with E-state index in [9.17, 15) is 9.59 Å². The van der Waals surface area contributed by atoms with Crippen LogP contribution in [0.1, 0.15) is 57.8 Å². The molecule has 1 N–H and O–H groups in total. The Labute approximate surface area is 124 Å². The predicted molar refractivity (Wildman–Crippen MR) is 77.4 cm³/mol. The van der Waals surface area contributed by atoms with Gasteiger partial charge in [-0.2, -0.15) is 0 Å². The number of nitrogens with one attached hydrogen (secondary N) is 1. The lowest BCUT2D eigenvalue weighted by Crippen LogP contribution is -2.70. The fourth-order valence-corrected chi connectivity index (χ4v) is 3.61. The summed E-state index contributed by atoms with van der Waals surface area (Å²) in [6.45, 7) is 3.70. The molecule has 0 aromatic carbocycles. The number of hydrogen-bond donors (Lipinski definition) is 1. The third-order valence-electron chi connectivity index (χ3n) is 4.88. The predicted octanol–water partition coefficient (Wildman–Crippen LogP) is 2.39. The SMILES string of the molecule is CC1C(=O)NC2(CCCCC2)C(=O)N1C(C)c1ccco1. The number of nitrogens with zero attached hydrogens (tertiary/aromatic N) is 1. The minimum absolute atomic E-state index is 0.0400. The molecule has 2 unspecified atom stereocenters. The minimum Gasteiger partial charge on any atom is -0.467 e. The number of carbonyl (C=O) groups excluding carboxylic acids is 2. The van der Waals surface area contributed by atoms with Crippen molar-refractivity contribution in [3.63, 3.8) is 0 Å². The Kier molecular flexibility index (Phi) is 3.51. The molecule has 2 aliphatic rings.